The molecule has 0 aliphatic carbocycles. The van der Waals surface area contributed by atoms with E-state index in [2.05, 4.69) is 0 Å². The van der Waals surface area contributed by atoms with Crippen molar-refractivity contribution in [1.82, 2.24) is 0 Å². The molecule has 0 spiro atoms. The first-order valence-electron chi connectivity index (χ1n) is 5.82. The van der Waals surface area contributed by atoms with E-state index in [0.717, 1.165) is 0 Å². The van der Waals surface area contributed by atoms with Crippen LogP contribution in [0.5, 0.6) is 0 Å². The number of esters is 1. The van der Waals surface area contributed by atoms with Crippen LogP contribution in [0.2, 0.25) is 0 Å². The van der Waals surface area contributed by atoms with E-state index < -0.39 is 30.4 Å². The minimum atomic E-state index is -1.44. The van der Waals surface area contributed by atoms with Crippen LogP contribution in [0.25, 0.3) is 0 Å². The monoisotopic (exact) mass is 266 g/mol. The molecule has 4 atom stereocenters. The van der Waals surface area contributed by atoms with Gasteiger partial charge in [-0.05, 0) is 12.1 Å². The number of rotatable bonds is 4. The molecule has 1 aromatic carbocycles. The summed E-state index contributed by atoms with van der Waals surface area (Å²) in [6, 6.07) is 8.24. The number of aldehydes is 1. The van der Waals surface area contributed by atoms with Gasteiger partial charge in [0.1, 0.15) is 18.3 Å². The highest BCUT2D eigenvalue weighted by Gasteiger charge is 2.43. The Morgan fingerprint density at radius 2 is 2.11 bits per heavy atom. The predicted molar refractivity (Wildman–Crippen MR) is 63.5 cm³/mol. The molecule has 0 radical (unpaired) electrons. The van der Waals surface area contributed by atoms with Crippen molar-refractivity contribution in [3.05, 3.63) is 35.9 Å². The Hall–Kier alpha value is -1.76. The van der Waals surface area contributed by atoms with Crippen LogP contribution in [-0.2, 0) is 14.3 Å². The molecule has 6 heteroatoms. The Labute approximate surface area is 109 Å². The zero-order valence-electron chi connectivity index (χ0n) is 10.0. The SMILES string of the molecule is O=C[C@H](O)[C@H]1OC[C@@H](O)[C@@H]1OC(=O)c1ccccc1. The van der Waals surface area contributed by atoms with E-state index in [1.165, 1.54) is 0 Å². The van der Waals surface area contributed by atoms with Gasteiger partial charge < -0.3 is 24.5 Å². The van der Waals surface area contributed by atoms with Gasteiger partial charge in [-0.3, -0.25) is 0 Å². The molecular formula is C13H14O6. The van der Waals surface area contributed by atoms with E-state index >= 15 is 0 Å². The van der Waals surface area contributed by atoms with E-state index in [0.29, 0.717) is 5.56 Å². The van der Waals surface area contributed by atoms with Crippen molar-refractivity contribution in [2.75, 3.05) is 6.61 Å². The molecule has 0 bridgehead atoms. The lowest BCUT2D eigenvalue weighted by molar-refractivity contribution is -0.125. The lowest BCUT2D eigenvalue weighted by atomic mass is 10.1. The average molecular weight is 266 g/mol. The minimum absolute atomic E-state index is 0.0949. The highest BCUT2D eigenvalue weighted by molar-refractivity contribution is 5.89. The van der Waals surface area contributed by atoms with Gasteiger partial charge in [-0.15, -0.1) is 0 Å². The predicted octanol–water partition coefficient (Wildman–Crippen LogP) is -0.469. The van der Waals surface area contributed by atoms with E-state index in [4.69, 9.17) is 9.47 Å². The van der Waals surface area contributed by atoms with Gasteiger partial charge in [0.15, 0.2) is 12.4 Å². The maximum Gasteiger partial charge on any atom is 0.338 e. The molecule has 0 aromatic heterocycles. The zero-order chi connectivity index (χ0) is 13.8. The molecule has 6 nitrogen and oxygen atoms in total. The molecule has 1 fully saturated rings. The fourth-order valence-electron chi connectivity index (χ4n) is 1.90. The molecule has 1 aliphatic rings. The van der Waals surface area contributed by atoms with Gasteiger partial charge in [0.2, 0.25) is 0 Å². The van der Waals surface area contributed by atoms with Gasteiger partial charge in [-0.2, -0.15) is 0 Å². The molecule has 2 N–H and O–H groups in total. The molecule has 1 saturated heterocycles. The summed E-state index contributed by atoms with van der Waals surface area (Å²) in [7, 11) is 0. The van der Waals surface area contributed by atoms with E-state index in [1.54, 1.807) is 30.3 Å². The van der Waals surface area contributed by atoms with Crippen molar-refractivity contribution in [2.24, 2.45) is 0 Å². The quantitative estimate of drug-likeness (QED) is 0.565. The molecule has 1 heterocycles. The van der Waals surface area contributed by atoms with Crippen molar-refractivity contribution in [2.45, 2.75) is 24.4 Å². The summed E-state index contributed by atoms with van der Waals surface area (Å²) in [4.78, 5) is 22.4. The van der Waals surface area contributed by atoms with Crippen molar-refractivity contribution in [3.63, 3.8) is 0 Å². The average Bonchev–Trinajstić information content (AvgIpc) is 2.80. The van der Waals surface area contributed by atoms with Crippen molar-refractivity contribution in [3.8, 4) is 0 Å². The van der Waals surface area contributed by atoms with Crippen molar-refractivity contribution in [1.29, 1.82) is 0 Å². The second-order valence-corrected chi connectivity index (χ2v) is 4.23. The second kappa shape index (κ2) is 5.92. The van der Waals surface area contributed by atoms with Gasteiger partial charge in [-0.25, -0.2) is 4.79 Å². The number of aliphatic hydroxyl groups excluding tert-OH is 2. The van der Waals surface area contributed by atoms with Gasteiger partial charge in [0.05, 0.1) is 12.2 Å². The molecule has 1 aromatic rings. The van der Waals surface area contributed by atoms with E-state index in [9.17, 15) is 19.8 Å². The van der Waals surface area contributed by atoms with Gasteiger partial charge in [0, 0.05) is 0 Å². The number of benzene rings is 1. The summed E-state index contributed by atoms with van der Waals surface area (Å²) in [5.74, 6) is -0.641. The molecule has 19 heavy (non-hydrogen) atoms. The number of carbonyl (C=O) groups is 2. The lowest BCUT2D eigenvalue weighted by Gasteiger charge is -2.22. The minimum Gasteiger partial charge on any atom is -0.453 e. The van der Waals surface area contributed by atoms with Gasteiger partial charge in [0.25, 0.3) is 0 Å². The second-order valence-electron chi connectivity index (χ2n) is 4.23. The summed E-state index contributed by atoms with van der Waals surface area (Å²) in [5.41, 5.74) is 0.320. The van der Waals surface area contributed by atoms with Crippen molar-refractivity contribution >= 4 is 12.3 Å². The van der Waals surface area contributed by atoms with Gasteiger partial charge >= 0.3 is 5.97 Å². The van der Waals surface area contributed by atoms with Crippen LogP contribution in [-0.4, -0.2) is 53.5 Å². The maximum absolute atomic E-state index is 11.8. The Kier molecular flexibility index (Phi) is 4.26. The first kappa shape index (κ1) is 13.7. The Bertz CT molecular complexity index is 446. The van der Waals surface area contributed by atoms with E-state index in [1.807, 2.05) is 0 Å². The number of hydrogen-bond donors (Lipinski definition) is 2. The third-order valence-corrected chi connectivity index (χ3v) is 2.89. The fraction of sp³-hybridized carbons (Fsp3) is 0.385. The summed E-state index contributed by atoms with van der Waals surface area (Å²) in [6.45, 7) is -0.0949. The van der Waals surface area contributed by atoms with Crippen LogP contribution in [0.1, 0.15) is 10.4 Å². The van der Waals surface area contributed by atoms with Crippen molar-refractivity contribution < 1.29 is 29.3 Å². The van der Waals surface area contributed by atoms with Gasteiger partial charge in [-0.1, -0.05) is 18.2 Å². The molecule has 0 unspecified atom stereocenters. The zero-order valence-corrected chi connectivity index (χ0v) is 10.0. The van der Waals surface area contributed by atoms with Crippen LogP contribution < -0.4 is 0 Å². The first-order chi connectivity index (χ1) is 9.13. The molecule has 102 valence electrons. The van der Waals surface area contributed by atoms with E-state index in [-0.39, 0.29) is 12.9 Å². The topological polar surface area (TPSA) is 93.1 Å². The standard InChI is InChI=1S/C13H14O6/c14-6-9(15)11-12(10(16)7-18-11)19-13(17)8-4-2-1-3-5-8/h1-6,9-12,15-16H,7H2/t9-,10+,11+,12-/m0/s1. The third kappa shape index (κ3) is 2.98. The lowest BCUT2D eigenvalue weighted by Crippen LogP contribution is -2.42. The molecule has 1 aliphatic heterocycles. The highest BCUT2D eigenvalue weighted by Crippen LogP contribution is 2.21. The third-order valence-electron chi connectivity index (χ3n) is 2.89. The number of ether oxygens (including phenoxy) is 2. The maximum atomic E-state index is 11.8. The highest BCUT2D eigenvalue weighted by atomic mass is 16.6. The fourth-order valence-corrected chi connectivity index (χ4v) is 1.90. The molecule has 0 saturated carbocycles. The summed E-state index contributed by atoms with van der Waals surface area (Å²) < 4.78 is 10.2. The summed E-state index contributed by atoms with van der Waals surface area (Å²) >= 11 is 0. The van der Waals surface area contributed by atoms with Crippen LogP contribution in [0.3, 0.4) is 0 Å². The summed E-state index contributed by atoms with van der Waals surface area (Å²) in [6.07, 6.45) is -4.32. The normalized spacial score (nSPS) is 27.8. The number of carbonyl (C=O) groups excluding carboxylic acids is 2. The van der Waals surface area contributed by atoms with Crippen LogP contribution in [0.4, 0.5) is 0 Å². The van der Waals surface area contributed by atoms with Crippen LogP contribution in [0, 0.1) is 0 Å². The molecule has 0 amide bonds. The molecule has 2 rings (SSSR count). The Morgan fingerprint density at radius 3 is 2.74 bits per heavy atom. The number of hydrogen-bond acceptors (Lipinski definition) is 6. The molecular weight excluding hydrogens is 252 g/mol. The van der Waals surface area contributed by atoms with Crippen LogP contribution in [0.15, 0.2) is 30.3 Å². The summed E-state index contributed by atoms with van der Waals surface area (Å²) in [5, 5.41) is 19.1. The van der Waals surface area contributed by atoms with Crippen LogP contribution >= 0.6 is 0 Å². The number of aliphatic hydroxyl groups is 2. The first-order valence-corrected chi connectivity index (χ1v) is 5.82. The Balaban J connectivity index is 2.08. The smallest absolute Gasteiger partial charge is 0.338 e. The Morgan fingerprint density at radius 1 is 1.42 bits per heavy atom. The largest absolute Gasteiger partial charge is 0.453 e.